The zero-order valence-corrected chi connectivity index (χ0v) is 25.2. The number of hydrogen-bond donors (Lipinski definition) is 2. The Hall–Kier alpha value is -2.40. The van der Waals surface area contributed by atoms with Crippen molar-refractivity contribution in [2.45, 2.75) is 85.6 Å². The number of fused-ring (bicyclic) bond motifs is 1. The normalized spacial score (nSPS) is 25.3. The molecular formula is C29H45N3O7S. The summed E-state index contributed by atoms with van der Waals surface area (Å²) in [6, 6.07) is -0.812. The van der Waals surface area contributed by atoms with E-state index < -0.39 is 45.5 Å². The van der Waals surface area contributed by atoms with Gasteiger partial charge in [0.2, 0.25) is 21.7 Å². The predicted molar refractivity (Wildman–Crippen MR) is 150 cm³/mol. The molecule has 224 valence electrons. The SMILES string of the molecule is C=CS(=O)(=O)NC[C@H](CC(=O)CC(C)(C)C)C(=O)N1C[C@H]2C([C@H]1C(=O)CC(CC1CCC1)C(=O)C(N)=O)C2(C)C. The van der Waals surface area contributed by atoms with Crippen LogP contribution < -0.4 is 10.5 Å². The molecule has 1 heterocycles. The van der Waals surface area contributed by atoms with Gasteiger partial charge in [-0.15, -0.1) is 0 Å². The lowest BCUT2D eigenvalue weighted by Gasteiger charge is -2.34. The van der Waals surface area contributed by atoms with Crippen molar-refractivity contribution >= 4 is 39.2 Å². The lowest BCUT2D eigenvalue weighted by molar-refractivity contribution is -0.145. The molecule has 3 aliphatic rings. The number of likely N-dealkylation sites (tertiary alicyclic amines) is 1. The quantitative estimate of drug-likeness (QED) is 0.282. The van der Waals surface area contributed by atoms with E-state index in [4.69, 9.17) is 5.73 Å². The van der Waals surface area contributed by atoms with Crippen LogP contribution in [0, 0.1) is 40.4 Å². The van der Waals surface area contributed by atoms with E-state index in [1.165, 1.54) is 4.90 Å². The average Bonchev–Trinajstić information content (AvgIpc) is 3.14. The van der Waals surface area contributed by atoms with Gasteiger partial charge in [-0.3, -0.25) is 24.0 Å². The third-order valence-corrected chi connectivity index (χ3v) is 10.0. The van der Waals surface area contributed by atoms with Crippen LogP contribution in [0.15, 0.2) is 12.0 Å². The summed E-state index contributed by atoms with van der Waals surface area (Å²) in [5, 5.41) is 0.739. The number of ketones is 3. The first kappa shape index (κ1) is 32.1. The number of amides is 2. The highest BCUT2D eigenvalue weighted by Gasteiger charge is 2.69. The summed E-state index contributed by atoms with van der Waals surface area (Å²) < 4.78 is 26.5. The molecule has 0 bridgehead atoms. The molecule has 5 atom stereocenters. The Morgan fingerprint density at radius 2 is 1.73 bits per heavy atom. The lowest BCUT2D eigenvalue weighted by Crippen LogP contribution is -2.50. The predicted octanol–water partition coefficient (Wildman–Crippen LogP) is 2.36. The van der Waals surface area contributed by atoms with E-state index in [2.05, 4.69) is 11.3 Å². The summed E-state index contributed by atoms with van der Waals surface area (Å²) in [5.41, 5.74) is 4.81. The fourth-order valence-corrected chi connectivity index (χ4v) is 7.11. The summed E-state index contributed by atoms with van der Waals surface area (Å²) in [4.78, 5) is 66.5. The van der Waals surface area contributed by atoms with E-state index in [9.17, 15) is 32.4 Å². The Kier molecular flexibility index (Phi) is 9.50. The van der Waals surface area contributed by atoms with E-state index in [0.717, 1.165) is 24.7 Å². The summed E-state index contributed by atoms with van der Waals surface area (Å²) in [6.45, 7) is 13.1. The molecule has 11 heteroatoms. The molecule has 10 nitrogen and oxygen atoms in total. The molecule has 0 aromatic rings. The number of nitrogens with one attached hydrogen (secondary N) is 1. The highest BCUT2D eigenvalue weighted by molar-refractivity contribution is 7.92. The number of nitrogens with two attached hydrogens (primary N) is 1. The zero-order valence-electron chi connectivity index (χ0n) is 24.4. The van der Waals surface area contributed by atoms with Gasteiger partial charge in [-0.25, -0.2) is 13.1 Å². The van der Waals surface area contributed by atoms with Crippen molar-refractivity contribution < 1.29 is 32.4 Å². The van der Waals surface area contributed by atoms with Gasteiger partial charge < -0.3 is 10.6 Å². The summed E-state index contributed by atoms with van der Waals surface area (Å²) in [5.74, 6) is -4.36. The van der Waals surface area contributed by atoms with E-state index in [1.807, 2.05) is 34.6 Å². The topological polar surface area (TPSA) is 161 Å². The minimum Gasteiger partial charge on any atom is -0.363 e. The molecule has 2 aliphatic carbocycles. The molecule has 40 heavy (non-hydrogen) atoms. The van der Waals surface area contributed by atoms with E-state index in [0.29, 0.717) is 13.0 Å². The smallest absolute Gasteiger partial charge is 0.285 e. The minimum absolute atomic E-state index is 0.0677. The molecule has 2 amide bonds. The number of Topliss-reactive ketones (excluding diaryl/α,β-unsaturated/α-hetero) is 3. The van der Waals surface area contributed by atoms with E-state index >= 15 is 0 Å². The summed E-state index contributed by atoms with van der Waals surface area (Å²) in [7, 11) is -3.85. The first-order valence-corrected chi connectivity index (χ1v) is 15.7. The van der Waals surface area contributed by atoms with Crippen molar-refractivity contribution in [3.05, 3.63) is 12.0 Å². The van der Waals surface area contributed by atoms with Crippen molar-refractivity contribution in [2.24, 2.45) is 46.2 Å². The molecule has 3 fully saturated rings. The van der Waals surface area contributed by atoms with Crippen LogP contribution in [-0.2, 0) is 34.0 Å². The van der Waals surface area contributed by atoms with Gasteiger partial charge in [0.15, 0.2) is 5.78 Å². The molecule has 1 aliphatic heterocycles. The average molecular weight is 580 g/mol. The van der Waals surface area contributed by atoms with Gasteiger partial charge in [-0.05, 0) is 35.0 Å². The van der Waals surface area contributed by atoms with Gasteiger partial charge in [0, 0.05) is 43.7 Å². The molecule has 0 aromatic heterocycles. The van der Waals surface area contributed by atoms with Gasteiger partial charge in [0.05, 0.1) is 12.0 Å². The second kappa shape index (κ2) is 11.8. The Balaban J connectivity index is 1.85. The molecule has 2 unspecified atom stereocenters. The van der Waals surface area contributed by atoms with Crippen molar-refractivity contribution in [1.82, 2.24) is 9.62 Å². The van der Waals surface area contributed by atoms with Crippen LogP contribution in [-0.4, -0.2) is 61.6 Å². The molecule has 2 saturated carbocycles. The zero-order chi connectivity index (χ0) is 30.2. The number of rotatable bonds is 15. The minimum atomic E-state index is -3.85. The van der Waals surface area contributed by atoms with Crippen molar-refractivity contribution in [3.63, 3.8) is 0 Å². The Labute approximate surface area is 237 Å². The molecule has 3 rings (SSSR count). The highest BCUT2D eigenvalue weighted by atomic mass is 32.2. The van der Waals surface area contributed by atoms with Crippen LogP contribution in [0.25, 0.3) is 0 Å². The van der Waals surface area contributed by atoms with Crippen LogP contribution in [0.2, 0.25) is 0 Å². The number of sulfonamides is 1. The van der Waals surface area contributed by atoms with Crippen LogP contribution in [0.5, 0.6) is 0 Å². The van der Waals surface area contributed by atoms with Gasteiger partial charge in [0.25, 0.3) is 5.91 Å². The number of hydrogen-bond acceptors (Lipinski definition) is 7. The third-order valence-electron chi connectivity index (χ3n) is 9.03. The standard InChI is InChI=1S/C29H45N3O7S/c1-7-40(38,39)31-15-19(12-20(33)14-28(2,3)4)27(37)32-16-21-23(29(21,5)6)24(32)22(34)13-18(25(35)26(30)36)11-17-9-8-10-17/h7,17-19,21,23-24,31H,1,8-16H2,2-6H3,(H2,30,36)/t18?,19-,21-,23?,24+/m0/s1. The van der Waals surface area contributed by atoms with Crippen molar-refractivity contribution in [3.8, 4) is 0 Å². The maximum absolute atomic E-state index is 13.9. The van der Waals surface area contributed by atoms with Crippen LogP contribution in [0.1, 0.15) is 79.6 Å². The lowest BCUT2D eigenvalue weighted by atomic mass is 9.76. The Morgan fingerprint density at radius 1 is 1.10 bits per heavy atom. The molecule has 3 N–H and O–H groups in total. The Bertz CT molecular complexity index is 1170. The maximum atomic E-state index is 13.9. The molecule has 0 aromatic carbocycles. The van der Waals surface area contributed by atoms with Gasteiger partial charge in [0.1, 0.15) is 5.78 Å². The fraction of sp³-hybridized carbons (Fsp3) is 0.759. The maximum Gasteiger partial charge on any atom is 0.285 e. The van der Waals surface area contributed by atoms with Gasteiger partial charge in [-0.1, -0.05) is 60.5 Å². The van der Waals surface area contributed by atoms with Crippen molar-refractivity contribution in [1.29, 1.82) is 0 Å². The fourth-order valence-electron chi connectivity index (χ4n) is 6.56. The number of nitrogens with zero attached hydrogens (tertiary/aromatic N) is 1. The van der Waals surface area contributed by atoms with Crippen LogP contribution >= 0.6 is 0 Å². The number of piperidine rings is 1. The monoisotopic (exact) mass is 579 g/mol. The van der Waals surface area contributed by atoms with E-state index in [1.54, 1.807) is 0 Å². The van der Waals surface area contributed by atoms with Gasteiger partial charge >= 0.3 is 0 Å². The highest BCUT2D eigenvalue weighted by Crippen LogP contribution is 2.65. The first-order chi connectivity index (χ1) is 18.4. The molecular weight excluding hydrogens is 534 g/mol. The van der Waals surface area contributed by atoms with Gasteiger partial charge in [-0.2, -0.15) is 0 Å². The first-order valence-electron chi connectivity index (χ1n) is 14.2. The second-order valence-electron chi connectivity index (χ2n) is 13.8. The molecule has 0 spiro atoms. The largest absolute Gasteiger partial charge is 0.363 e. The number of primary amides is 1. The summed E-state index contributed by atoms with van der Waals surface area (Å²) >= 11 is 0. The third kappa shape index (κ3) is 7.46. The van der Waals surface area contributed by atoms with Crippen LogP contribution in [0.3, 0.4) is 0 Å². The second-order valence-corrected chi connectivity index (χ2v) is 15.5. The Morgan fingerprint density at radius 3 is 2.23 bits per heavy atom. The van der Waals surface area contributed by atoms with Crippen molar-refractivity contribution in [2.75, 3.05) is 13.1 Å². The molecule has 0 radical (unpaired) electrons. The molecule has 1 saturated heterocycles. The number of carbonyl (C=O) groups is 5. The number of carbonyl (C=O) groups excluding carboxylic acids is 5. The van der Waals surface area contributed by atoms with Crippen LogP contribution in [0.4, 0.5) is 0 Å². The summed E-state index contributed by atoms with van der Waals surface area (Å²) in [6.07, 6.45) is 3.20. The van der Waals surface area contributed by atoms with E-state index in [-0.39, 0.29) is 66.0 Å².